The summed E-state index contributed by atoms with van der Waals surface area (Å²) in [6.07, 6.45) is 5.13. The lowest BCUT2D eigenvalue weighted by Crippen LogP contribution is -2.56. The van der Waals surface area contributed by atoms with E-state index in [1.165, 1.54) is 22.7 Å². The number of nitrogens with zero attached hydrogens (tertiary/aromatic N) is 2. The van der Waals surface area contributed by atoms with Crippen LogP contribution in [-0.2, 0) is 23.2 Å². The van der Waals surface area contributed by atoms with Crippen LogP contribution in [0.4, 0.5) is 4.39 Å². The van der Waals surface area contributed by atoms with Gasteiger partial charge in [-0.05, 0) is 92.9 Å². The first-order chi connectivity index (χ1) is 18.0. The van der Waals surface area contributed by atoms with Crippen molar-refractivity contribution in [3.05, 3.63) is 93.6 Å². The molecule has 1 unspecified atom stereocenters. The Morgan fingerprint density at radius 2 is 1.95 bits per heavy atom. The lowest BCUT2D eigenvalue weighted by Gasteiger charge is -2.52. The fraction of sp³-hybridized carbons (Fsp3) is 0.387. The van der Waals surface area contributed by atoms with Gasteiger partial charge in [0.1, 0.15) is 5.82 Å². The average molecular weight is 516 g/mol. The summed E-state index contributed by atoms with van der Waals surface area (Å²) in [5.74, 6) is 0.433. The summed E-state index contributed by atoms with van der Waals surface area (Å²) in [7, 11) is 4.18. The maximum Gasteiger partial charge on any atom is 0.228 e. The summed E-state index contributed by atoms with van der Waals surface area (Å²) in [6, 6.07) is 19.8. The summed E-state index contributed by atoms with van der Waals surface area (Å²) in [5.41, 5.74) is 4.49. The summed E-state index contributed by atoms with van der Waals surface area (Å²) in [6.45, 7) is 0.755. The molecule has 1 saturated carbocycles. The van der Waals surface area contributed by atoms with Gasteiger partial charge < -0.3 is 14.8 Å². The van der Waals surface area contributed by atoms with Gasteiger partial charge in [-0.15, -0.1) is 11.3 Å². The molecular weight excluding hydrogens is 481 g/mol. The van der Waals surface area contributed by atoms with Gasteiger partial charge in [-0.1, -0.05) is 36.4 Å². The molecular formula is C31H34FN3OS. The number of aromatic amines is 1. The van der Waals surface area contributed by atoms with Crippen molar-refractivity contribution in [3.63, 3.8) is 0 Å². The number of benzene rings is 2. The Labute approximate surface area is 222 Å². The highest BCUT2D eigenvalue weighted by Gasteiger charge is 2.49. The number of thiophene rings is 1. The Bertz CT molecular complexity index is 1400. The maximum atomic E-state index is 14.1. The van der Waals surface area contributed by atoms with Gasteiger partial charge in [0.25, 0.3) is 0 Å². The van der Waals surface area contributed by atoms with Crippen molar-refractivity contribution in [1.29, 1.82) is 0 Å². The topological polar surface area (TPSA) is 39.3 Å². The number of carbonyl (C=O) groups is 1. The highest BCUT2D eigenvalue weighted by Crippen LogP contribution is 2.51. The van der Waals surface area contributed by atoms with Crippen molar-refractivity contribution in [1.82, 2.24) is 14.8 Å². The van der Waals surface area contributed by atoms with E-state index in [9.17, 15) is 9.18 Å². The van der Waals surface area contributed by atoms with Crippen LogP contribution in [0.5, 0.6) is 0 Å². The number of aromatic nitrogens is 1. The molecule has 1 N–H and O–H groups in total. The van der Waals surface area contributed by atoms with Crippen LogP contribution in [0.2, 0.25) is 0 Å². The molecule has 192 valence electrons. The van der Waals surface area contributed by atoms with Crippen molar-refractivity contribution in [2.45, 2.75) is 50.1 Å². The van der Waals surface area contributed by atoms with Crippen molar-refractivity contribution < 1.29 is 9.18 Å². The molecule has 2 aliphatic rings. The number of amides is 1. The van der Waals surface area contributed by atoms with Gasteiger partial charge in [-0.3, -0.25) is 4.79 Å². The van der Waals surface area contributed by atoms with E-state index in [0.29, 0.717) is 12.3 Å². The predicted molar refractivity (Wildman–Crippen MR) is 148 cm³/mol. The zero-order valence-electron chi connectivity index (χ0n) is 21.5. The number of hydrogen-bond acceptors (Lipinski definition) is 3. The summed E-state index contributed by atoms with van der Waals surface area (Å²) < 4.78 is 14.1. The summed E-state index contributed by atoms with van der Waals surface area (Å²) in [4.78, 5) is 23.1. The molecule has 1 atom stereocenters. The maximum absolute atomic E-state index is 14.1. The fourth-order valence-corrected chi connectivity index (χ4v) is 7.78. The predicted octanol–water partition coefficient (Wildman–Crippen LogP) is 6.68. The normalized spacial score (nSPS) is 22.5. The molecule has 1 spiro atoms. The number of fused-ring (bicyclic) bond motifs is 4. The Kier molecular flexibility index (Phi) is 6.41. The van der Waals surface area contributed by atoms with E-state index >= 15 is 0 Å². The number of nitrogens with one attached hydrogen (secondary N) is 1. The van der Waals surface area contributed by atoms with Gasteiger partial charge >= 0.3 is 0 Å². The third-order valence-corrected chi connectivity index (χ3v) is 9.51. The lowest BCUT2D eigenvalue weighted by molar-refractivity contribution is -0.141. The van der Waals surface area contributed by atoms with Crippen molar-refractivity contribution in [2.24, 2.45) is 5.92 Å². The second-order valence-electron chi connectivity index (χ2n) is 10.9. The first kappa shape index (κ1) is 24.4. The molecule has 0 saturated heterocycles. The lowest BCUT2D eigenvalue weighted by atomic mass is 9.68. The monoisotopic (exact) mass is 515 g/mol. The fourth-order valence-electron chi connectivity index (χ4n) is 7.09. The van der Waals surface area contributed by atoms with E-state index in [-0.39, 0.29) is 23.3 Å². The van der Waals surface area contributed by atoms with E-state index in [1.54, 1.807) is 17.4 Å². The van der Waals surface area contributed by atoms with Crippen molar-refractivity contribution >= 4 is 28.1 Å². The molecule has 6 rings (SSSR count). The Morgan fingerprint density at radius 1 is 1.14 bits per heavy atom. The van der Waals surface area contributed by atoms with Crippen LogP contribution in [0.1, 0.15) is 53.4 Å². The molecule has 1 amide bonds. The van der Waals surface area contributed by atoms with Crippen LogP contribution < -0.4 is 0 Å². The minimum atomic E-state index is -0.323. The smallest absolute Gasteiger partial charge is 0.228 e. The molecule has 2 aromatic carbocycles. The second-order valence-corrected chi connectivity index (χ2v) is 11.9. The summed E-state index contributed by atoms with van der Waals surface area (Å²) >= 11 is 1.65. The standard InChI is InChI=1S/C31H34FN3OS/c1-34(2)29(22-7-5-8-23(32)19-22)21-12-15-31(16-13-21)30-26(25-10-3-4-11-27(25)33-30)14-17-35(31)28(36)20-24-9-6-18-37-24/h3-11,18-19,21,29,33H,12-17,20H2,1-2H3. The quantitative estimate of drug-likeness (QED) is 0.322. The van der Waals surface area contributed by atoms with Gasteiger partial charge in [0.05, 0.1) is 12.0 Å². The third-order valence-electron chi connectivity index (χ3n) is 8.64. The number of H-pyrrole nitrogens is 1. The van der Waals surface area contributed by atoms with Crippen molar-refractivity contribution in [2.75, 3.05) is 20.6 Å². The molecule has 0 radical (unpaired) electrons. The number of rotatable bonds is 5. The molecule has 2 aromatic heterocycles. The van der Waals surface area contributed by atoms with Crippen LogP contribution in [0.3, 0.4) is 0 Å². The second kappa shape index (κ2) is 9.73. The largest absolute Gasteiger partial charge is 0.356 e. The van der Waals surface area contributed by atoms with Crippen LogP contribution in [0.25, 0.3) is 10.9 Å². The van der Waals surface area contributed by atoms with Gasteiger partial charge in [-0.25, -0.2) is 4.39 Å². The Balaban J connectivity index is 1.36. The van der Waals surface area contributed by atoms with E-state index in [1.807, 2.05) is 23.6 Å². The first-order valence-corrected chi connectivity index (χ1v) is 14.2. The van der Waals surface area contributed by atoms with E-state index in [0.717, 1.165) is 54.6 Å². The van der Waals surface area contributed by atoms with Gasteiger partial charge in [0.2, 0.25) is 5.91 Å². The molecule has 0 bridgehead atoms. The zero-order valence-corrected chi connectivity index (χ0v) is 22.4. The Hall–Kier alpha value is -2.96. The molecule has 3 heterocycles. The molecule has 6 heteroatoms. The molecule has 37 heavy (non-hydrogen) atoms. The molecule has 4 nitrogen and oxygen atoms in total. The average Bonchev–Trinajstić information content (AvgIpc) is 3.54. The minimum absolute atomic E-state index is 0.147. The summed E-state index contributed by atoms with van der Waals surface area (Å²) in [5, 5.41) is 3.33. The van der Waals surface area contributed by atoms with Gasteiger partial charge in [0, 0.05) is 34.1 Å². The van der Waals surface area contributed by atoms with E-state index < -0.39 is 0 Å². The SMILES string of the molecule is CN(C)C(c1cccc(F)c1)C1CCC2(CC1)c1[nH]c3ccccc3c1CCN2C(=O)Cc1cccs1. The van der Waals surface area contributed by atoms with Crippen LogP contribution >= 0.6 is 11.3 Å². The molecule has 1 fully saturated rings. The molecule has 1 aliphatic heterocycles. The van der Waals surface area contributed by atoms with E-state index in [2.05, 4.69) is 59.2 Å². The van der Waals surface area contributed by atoms with Gasteiger partial charge in [-0.2, -0.15) is 0 Å². The van der Waals surface area contributed by atoms with Crippen LogP contribution in [0.15, 0.2) is 66.0 Å². The van der Waals surface area contributed by atoms with E-state index in [4.69, 9.17) is 0 Å². The minimum Gasteiger partial charge on any atom is -0.356 e. The third kappa shape index (κ3) is 4.30. The van der Waals surface area contributed by atoms with Crippen molar-refractivity contribution in [3.8, 4) is 0 Å². The number of para-hydroxylation sites is 1. The first-order valence-electron chi connectivity index (χ1n) is 13.3. The molecule has 1 aliphatic carbocycles. The number of hydrogen-bond donors (Lipinski definition) is 1. The van der Waals surface area contributed by atoms with Gasteiger partial charge in [0.15, 0.2) is 0 Å². The zero-order chi connectivity index (χ0) is 25.6. The number of halogens is 1. The Morgan fingerprint density at radius 3 is 2.68 bits per heavy atom. The van der Waals surface area contributed by atoms with Crippen LogP contribution in [0, 0.1) is 11.7 Å². The molecule has 4 aromatic rings. The number of carbonyl (C=O) groups excluding carboxylic acids is 1. The highest BCUT2D eigenvalue weighted by atomic mass is 32.1. The highest BCUT2D eigenvalue weighted by molar-refractivity contribution is 7.10. The van der Waals surface area contributed by atoms with Crippen LogP contribution in [-0.4, -0.2) is 41.3 Å².